The van der Waals surface area contributed by atoms with Gasteiger partial charge in [0.2, 0.25) is 11.2 Å². The molecular weight excluding hydrogens is 481 g/mol. The summed E-state index contributed by atoms with van der Waals surface area (Å²) in [5.74, 6) is -2.11. The molecule has 1 aromatic heterocycles. The van der Waals surface area contributed by atoms with Crippen LogP contribution in [0.15, 0.2) is 69.9 Å². The smallest absolute Gasteiger partial charge is 0.450 e. The molecule has 0 N–H and O–H groups in total. The number of halogens is 3. The topological polar surface area (TPSA) is 84.2 Å². The first-order valence-corrected chi connectivity index (χ1v) is 10.4. The van der Waals surface area contributed by atoms with Crippen LogP contribution in [0.25, 0.3) is 22.1 Å². The van der Waals surface area contributed by atoms with Crippen molar-refractivity contribution in [3.63, 3.8) is 0 Å². The van der Waals surface area contributed by atoms with E-state index >= 15 is 0 Å². The Labute approximate surface area is 202 Å². The second kappa shape index (κ2) is 9.65. The number of carbonyl (C=O) groups is 1. The van der Waals surface area contributed by atoms with Crippen LogP contribution in [0.4, 0.5) is 13.2 Å². The summed E-state index contributed by atoms with van der Waals surface area (Å²) in [7, 11) is 3.99. The average Bonchev–Trinajstić information content (AvgIpc) is 2.87. The fourth-order valence-corrected chi connectivity index (χ4v) is 3.74. The number of alkyl halides is 3. The molecule has 0 aliphatic carbocycles. The van der Waals surface area contributed by atoms with E-state index in [-0.39, 0.29) is 39.5 Å². The number of hydrogen-bond donors (Lipinski definition) is 0. The Morgan fingerprint density at radius 2 is 1.44 bits per heavy atom. The summed E-state index contributed by atoms with van der Waals surface area (Å²) in [4.78, 5) is 26.1. The molecule has 0 atom stereocenters. The second-order valence-corrected chi connectivity index (χ2v) is 7.42. The molecule has 0 saturated carbocycles. The van der Waals surface area contributed by atoms with Gasteiger partial charge in [0.15, 0.2) is 0 Å². The van der Waals surface area contributed by atoms with Crippen LogP contribution in [0, 0.1) is 0 Å². The summed E-state index contributed by atoms with van der Waals surface area (Å²) in [6.45, 7) is 0. The maximum Gasteiger partial charge on any atom is 0.450 e. The molecule has 0 fully saturated rings. The van der Waals surface area contributed by atoms with Crippen LogP contribution in [-0.4, -0.2) is 27.3 Å². The Bertz CT molecular complexity index is 1480. The zero-order chi connectivity index (χ0) is 26.0. The molecule has 186 valence electrons. The number of hydrogen-bond acceptors (Lipinski definition) is 7. The van der Waals surface area contributed by atoms with Crippen molar-refractivity contribution in [3.05, 3.63) is 82.2 Å². The third-order valence-corrected chi connectivity index (χ3v) is 5.34. The lowest BCUT2D eigenvalue weighted by atomic mass is 10.0. The first-order chi connectivity index (χ1) is 17.2. The van der Waals surface area contributed by atoms with Gasteiger partial charge < -0.3 is 23.4 Å². The monoisotopic (exact) mass is 500 g/mol. The van der Waals surface area contributed by atoms with Gasteiger partial charge in [0, 0.05) is 11.6 Å². The van der Waals surface area contributed by atoms with Gasteiger partial charge in [-0.15, -0.1) is 0 Å². The molecule has 0 radical (unpaired) electrons. The van der Waals surface area contributed by atoms with E-state index < -0.39 is 34.5 Å². The number of esters is 1. The highest BCUT2D eigenvalue weighted by molar-refractivity contribution is 5.97. The quantitative estimate of drug-likeness (QED) is 0.247. The van der Waals surface area contributed by atoms with Gasteiger partial charge in [0.05, 0.1) is 32.3 Å². The lowest BCUT2D eigenvalue weighted by Gasteiger charge is -2.15. The van der Waals surface area contributed by atoms with Gasteiger partial charge in [-0.3, -0.25) is 4.79 Å². The number of carbonyl (C=O) groups excluding carboxylic acids is 1. The number of benzene rings is 3. The van der Waals surface area contributed by atoms with Crippen molar-refractivity contribution in [1.82, 2.24) is 0 Å². The minimum atomic E-state index is -5.00. The molecule has 3 aromatic carbocycles. The van der Waals surface area contributed by atoms with Crippen LogP contribution in [0.3, 0.4) is 0 Å². The summed E-state index contributed by atoms with van der Waals surface area (Å²) < 4.78 is 68.0. The van der Waals surface area contributed by atoms with Crippen molar-refractivity contribution in [2.24, 2.45) is 0 Å². The number of rotatable bonds is 6. The van der Waals surface area contributed by atoms with E-state index in [4.69, 9.17) is 23.4 Å². The average molecular weight is 500 g/mol. The third kappa shape index (κ3) is 4.45. The normalized spacial score (nSPS) is 11.3. The fourth-order valence-electron chi connectivity index (χ4n) is 3.74. The molecule has 0 unspecified atom stereocenters. The second-order valence-electron chi connectivity index (χ2n) is 7.42. The number of ether oxygens (including phenoxy) is 4. The van der Waals surface area contributed by atoms with Crippen molar-refractivity contribution >= 4 is 16.9 Å². The zero-order valence-electron chi connectivity index (χ0n) is 19.3. The maximum absolute atomic E-state index is 14.0. The van der Waals surface area contributed by atoms with E-state index in [1.165, 1.54) is 63.8 Å². The highest BCUT2D eigenvalue weighted by Crippen LogP contribution is 2.40. The lowest BCUT2D eigenvalue weighted by molar-refractivity contribution is -0.152. The Kier molecular flexibility index (Phi) is 6.61. The van der Waals surface area contributed by atoms with Crippen LogP contribution in [0.1, 0.15) is 16.1 Å². The van der Waals surface area contributed by atoms with E-state index in [2.05, 4.69) is 0 Å². The summed E-state index contributed by atoms with van der Waals surface area (Å²) in [5, 5.41) is -0.140. The van der Waals surface area contributed by atoms with Crippen molar-refractivity contribution < 1.29 is 41.3 Å². The first-order valence-electron chi connectivity index (χ1n) is 10.4. The standard InChI is InChI=1S/C26H19F3O7/c1-32-17-8-5-4-7-15(17)21-23(30)16-12-11-14(13-20(16)36-24(21)26(27,28)29)35-25(31)22-18(33-2)9-6-10-19(22)34-3/h4-13H,1-3H3. The summed E-state index contributed by atoms with van der Waals surface area (Å²) in [5.41, 5.74) is -2.11. The molecule has 0 aliphatic heterocycles. The predicted molar refractivity (Wildman–Crippen MR) is 124 cm³/mol. The lowest BCUT2D eigenvalue weighted by Crippen LogP contribution is -2.16. The molecule has 10 heteroatoms. The van der Waals surface area contributed by atoms with E-state index in [0.717, 1.165) is 6.07 Å². The summed E-state index contributed by atoms with van der Waals surface area (Å²) >= 11 is 0. The van der Waals surface area contributed by atoms with Crippen LogP contribution in [0.5, 0.6) is 23.0 Å². The van der Waals surface area contributed by atoms with E-state index in [1.807, 2.05) is 0 Å². The maximum atomic E-state index is 14.0. The van der Waals surface area contributed by atoms with Crippen LogP contribution in [0.2, 0.25) is 0 Å². The van der Waals surface area contributed by atoms with E-state index in [0.29, 0.717) is 0 Å². The molecule has 7 nitrogen and oxygen atoms in total. The summed E-state index contributed by atoms with van der Waals surface area (Å²) in [6, 6.07) is 14.0. The van der Waals surface area contributed by atoms with Gasteiger partial charge in [0.1, 0.15) is 34.1 Å². The third-order valence-electron chi connectivity index (χ3n) is 5.34. The van der Waals surface area contributed by atoms with Crippen LogP contribution < -0.4 is 24.4 Å². The minimum Gasteiger partial charge on any atom is -0.496 e. The first kappa shape index (κ1) is 24.6. The molecular formula is C26H19F3O7. The summed E-state index contributed by atoms with van der Waals surface area (Å²) in [6.07, 6.45) is -5.00. The Hall–Kier alpha value is -4.47. The highest BCUT2D eigenvalue weighted by Gasteiger charge is 2.40. The minimum absolute atomic E-state index is 0.0217. The SMILES string of the molecule is COc1ccccc1-c1c(C(F)(F)F)oc2cc(OC(=O)c3c(OC)cccc3OC)ccc2c1=O. The molecule has 0 aliphatic rings. The van der Waals surface area contributed by atoms with E-state index in [9.17, 15) is 22.8 Å². The van der Waals surface area contributed by atoms with Gasteiger partial charge in [0.25, 0.3) is 0 Å². The van der Waals surface area contributed by atoms with Crippen molar-refractivity contribution in [2.45, 2.75) is 6.18 Å². The Morgan fingerprint density at radius 1 is 0.833 bits per heavy atom. The molecule has 0 amide bonds. The molecule has 36 heavy (non-hydrogen) atoms. The van der Waals surface area contributed by atoms with Gasteiger partial charge in [-0.2, -0.15) is 13.2 Å². The largest absolute Gasteiger partial charge is 0.496 e. The Morgan fingerprint density at radius 3 is 2.06 bits per heavy atom. The zero-order valence-corrected chi connectivity index (χ0v) is 19.3. The number of fused-ring (bicyclic) bond motifs is 1. The van der Waals surface area contributed by atoms with Crippen molar-refractivity contribution in [2.75, 3.05) is 21.3 Å². The molecule has 0 spiro atoms. The number of para-hydroxylation sites is 1. The predicted octanol–water partition coefficient (Wildman–Crippen LogP) is 5.72. The number of methoxy groups -OCH3 is 3. The molecule has 0 saturated heterocycles. The van der Waals surface area contributed by atoms with Gasteiger partial charge >= 0.3 is 12.1 Å². The van der Waals surface area contributed by atoms with Gasteiger partial charge in [-0.05, 0) is 30.3 Å². The van der Waals surface area contributed by atoms with E-state index in [1.54, 1.807) is 12.1 Å². The van der Waals surface area contributed by atoms with Crippen LogP contribution in [-0.2, 0) is 6.18 Å². The highest BCUT2D eigenvalue weighted by atomic mass is 19.4. The van der Waals surface area contributed by atoms with Gasteiger partial charge in [-0.1, -0.05) is 24.3 Å². The Balaban J connectivity index is 1.85. The van der Waals surface area contributed by atoms with Crippen LogP contribution >= 0.6 is 0 Å². The van der Waals surface area contributed by atoms with Crippen molar-refractivity contribution in [1.29, 1.82) is 0 Å². The van der Waals surface area contributed by atoms with Gasteiger partial charge in [-0.25, -0.2) is 4.79 Å². The molecule has 4 aromatic rings. The molecule has 1 heterocycles. The van der Waals surface area contributed by atoms with Crippen molar-refractivity contribution in [3.8, 4) is 34.1 Å². The fraction of sp³-hybridized carbons (Fsp3) is 0.154. The molecule has 0 bridgehead atoms. The molecule has 4 rings (SSSR count).